The molecule has 3 aromatic heterocycles. The highest BCUT2D eigenvalue weighted by Crippen LogP contribution is 2.29. The number of halogens is 1. The third-order valence-corrected chi connectivity index (χ3v) is 3.91. The number of aryl methyl sites for hydroxylation is 1. The van der Waals surface area contributed by atoms with Gasteiger partial charge in [-0.05, 0) is 52.7 Å². The first kappa shape index (κ1) is 9.99. The molecule has 0 aliphatic carbocycles. The summed E-state index contributed by atoms with van der Waals surface area (Å²) >= 11 is 5.08. The van der Waals surface area contributed by atoms with Crippen LogP contribution in [0.5, 0.6) is 0 Å². The predicted octanol–water partition coefficient (Wildman–Crippen LogP) is 3.53. The van der Waals surface area contributed by atoms with Gasteiger partial charge in [0.25, 0.3) is 0 Å². The second kappa shape index (κ2) is 3.68. The molecule has 3 heterocycles. The molecule has 0 fully saturated rings. The zero-order valence-electron chi connectivity index (χ0n) is 8.51. The van der Waals surface area contributed by atoms with Crippen LogP contribution < -0.4 is 0 Å². The molecule has 16 heavy (non-hydrogen) atoms. The number of aromatic nitrogens is 3. The van der Waals surface area contributed by atoms with Gasteiger partial charge >= 0.3 is 0 Å². The van der Waals surface area contributed by atoms with Crippen LogP contribution in [0.3, 0.4) is 0 Å². The summed E-state index contributed by atoms with van der Waals surface area (Å²) in [4.78, 5) is 5.58. The van der Waals surface area contributed by atoms with Crippen LogP contribution in [0.4, 0.5) is 0 Å². The first-order valence-electron chi connectivity index (χ1n) is 4.81. The van der Waals surface area contributed by atoms with Gasteiger partial charge < -0.3 is 0 Å². The number of fused-ring (bicyclic) bond motifs is 1. The number of rotatable bonds is 1. The third-order valence-electron chi connectivity index (χ3n) is 2.29. The van der Waals surface area contributed by atoms with Crippen LogP contribution in [-0.2, 0) is 0 Å². The molecule has 0 saturated carbocycles. The van der Waals surface area contributed by atoms with Crippen molar-refractivity contribution >= 4 is 32.9 Å². The monoisotopic (exact) mass is 293 g/mol. The van der Waals surface area contributed by atoms with Crippen molar-refractivity contribution in [1.82, 2.24) is 14.6 Å². The van der Waals surface area contributed by atoms with Gasteiger partial charge in [-0.3, -0.25) is 0 Å². The highest BCUT2D eigenvalue weighted by molar-refractivity contribution is 9.11. The number of nitrogens with zero attached hydrogens (tertiary/aromatic N) is 3. The maximum atomic E-state index is 4.50. The zero-order chi connectivity index (χ0) is 11.1. The molecule has 0 spiro atoms. The summed E-state index contributed by atoms with van der Waals surface area (Å²) in [5.41, 5.74) is 2.08. The van der Waals surface area contributed by atoms with Gasteiger partial charge in [0, 0.05) is 6.20 Å². The van der Waals surface area contributed by atoms with Crippen molar-refractivity contribution in [2.24, 2.45) is 0 Å². The molecule has 0 unspecified atom stereocenters. The van der Waals surface area contributed by atoms with E-state index in [1.54, 1.807) is 15.9 Å². The van der Waals surface area contributed by atoms with Crippen molar-refractivity contribution in [3.8, 4) is 10.7 Å². The fourth-order valence-electron chi connectivity index (χ4n) is 1.52. The summed E-state index contributed by atoms with van der Waals surface area (Å²) in [5.74, 6) is 0.779. The molecular formula is C11H8BrN3S. The average molecular weight is 294 g/mol. The zero-order valence-corrected chi connectivity index (χ0v) is 10.9. The van der Waals surface area contributed by atoms with Gasteiger partial charge in [-0.2, -0.15) is 0 Å². The van der Waals surface area contributed by atoms with Crippen molar-refractivity contribution in [2.75, 3.05) is 0 Å². The molecule has 0 amide bonds. The summed E-state index contributed by atoms with van der Waals surface area (Å²) < 4.78 is 2.90. The Kier molecular flexibility index (Phi) is 2.29. The van der Waals surface area contributed by atoms with Crippen LogP contribution in [0.25, 0.3) is 16.3 Å². The SMILES string of the molecule is Cc1ccn2nc(-c3ccc(Br)s3)nc2c1. The summed E-state index contributed by atoms with van der Waals surface area (Å²) in [6.45, 7) is 2.05. The van der Waals surface area contributed by atoms with E-state index < -0.39 is 0 Å². The van der Waals surface area contributed by atoms with E-state index >= 15 is 0 Å². The second-order valence-electron chi connectivity index (χ2n) is 3.55. The topological polar surface area (TPSA) is 30.2 Å². The molecule has 0 aliphatic heterocycles. The summed E-state index contributed by atoms with van der Waals surface area (Å²) in [7, 11) is 0. The van der Waals surface area contributed by atoms with Gasteiger partial charge in [-0.15, -0.1) is 16.4 Å². The molecule has 3 aromatic rings. The third kappa shape index (κ3) is 1.66. The van der Waals surface area contributed by atoms with E-state index in [9.17, 15) is 0 Å². The van der Waals surface area contributed by atoms with Gasteiger partial charge in [-0.1, -0.05) is 0 Å². The first-order chi connectivity index (χ1) is 7.72. The predicted molar refractivity (Wildman–Crippen MR) is 68.7 cm³/mol. The molecule has 0 aliphatic rings. The number of hydrogen-bond donors (Lipinski definition) is 0. The molecule has 3 rings (SSSR count). The smallest absolute Gasteiger partial charge is 0.192 e. The molecule has 0 saturated heterocycles. The Bertz CT molecular complexity index is 656. The molecule has 80 valence electrons. The summed E-state index contributed by atoms with van der Waals surface area (Å²) in [6.07, 6.45) is 1.93. The van der Waals surface area contributed by atoms with E-state index in [2.05, 4.69) is 32.9 Å². The Morgan fingerprint density at radius 3 is 2.94 bits per heavy atom. The number of pyridine rings is 1. The Morgan fingerprint density at radius 1 is 1.31 bits per heavy atom. The molecule has 0 bridgehead atoms. The van der Waals surface area contributed by atoms with Gasteiger partial charge in [0.1, 0.15) is 0 Å². The molecular weight excluding hydrogens is 286 g/mol. The van der Waals surface area contributed by atoms with Gasteiger partial charge in [0.05, 0.1) is 8.66 Å². The second-order valence-corrected chi connectivity index (χ2v) is 6.01. The average Bonchev–Trinajstić information content (AvgIpc) is 2.83. The van der Waals surface area contributed by atoms with E-state index in [1.807, 2.05) is 30.5 Å². The maximum absolute atomic E-state index is 4.50. The largest absolute Gasteiger partial charge is 0.220 e. The van der Waals surface area contributed by atoms with Crippen LogP contribution in [0, 0.1) is 6.92 Å². The minimum atomic E-state index is 0.779. The molecule has 0 N–H and O–H groups in total. The lowest BCUT2D eigenvalue weighted by atomic mass is 10.3. The molecule has 3 nitrogen and oxygen atoms in total. The lowest BCUT2D eigenvalue weighted by Crippen LogP contribution is -1.86. The van der Waals surface area contributed by atoms with E-state index in [0.29, 0.717) is 0 Å². The van der Waals surface area contributed by atoms with E-state index in [4.69, 9.17) is 0 Å². The Morgan fingerprint density at radius 2 is 2.19 bits per heavy atom. The standard InChI is InChI=1S/C11H8BrN3S/c1-7-4-5-15-10(6-7)13-11(14-15)8-2-3-9(12)16-8/h2-6H,1H3. The lowest BCUT2D eigenvalue weighted by Gasteiger charge is -1.90. The lowest BCUT2D eigenvalue weighted by molar-refractivity contribution is 0.963. The Labute approximate surface area is 105 Å². The Hall–Kier alpha value is -1.20. The van der Waals surface area contributed by atoms with E-state index in [1.165, 1.54) is 5.56 Å². The van der Waals surface area contributed by atoms with Crippen LogP contribution in [0.2, 0.25) is 0 Å². The number of hydrogen-bond acceptors (Lipinski definition) is 3. The van der Waals surface area contributed by atoms with Crippen molar-refractivity contribution in [2.45, 2.75) is 6.92 Å². The van der Waals surface area contributed by atoms with Crippen molar-refractivity contribution in [3.63, 3.8) is 0 Å². The minimum absolute atomic E-state index is 0.779. The normalized spacial score (nSPS) is 11.1. The maximum Gasteiger partial charge on any atom is 0.192 e. The van der Waals surface area contributed by atoms with Crippen LogP contribution >= 0.6 is 27.3 Å². The van der Waals surface area contributed by atoms with Crippen LogP contribution in [0.1, 0.15) is 5.56 Å². The highest BCUT2D eigenvalue weighted by Gasteiger charge is 2.08. The van der Waals surface area contributed by atoms with E-state index in [-0.39, 0.29) is 0 Å². The quantitative estimate of drug-likeness (QED) is 0.687. The van der Waals surface area contributed by atoms with Crippen molar-refractivity contribution in [3.05, 3.63) is 39.8 Å². The van der Waals surface area contributed by atoms with Crippen LogP contribution in [-0.4, -0.2) is 14.6 Å². The van der Waals surface area contributed by atoms with Gasteiger partial charge in [0.15, 0.2) is 11.5 Å². The molecule has 5 heteroatoms. The van der Waals surface area contributed by atoms with E-state index in [0.717, 1.165) is 20.1 Å². The fraction of sp³-hybridized carbons (Fsp3) is 0.0909. The number of thiophene rings is 1. The minimum Gasteiger partial charge on any atom is -0.220 e. The highest BCUT2D eigenvalue weighted by atomic mass is 79.9. The molecule has 0 aromatic carbocycles. The molecule has 0 radical (unpaired) electrons. The summed E-state index contributed by atoms with van der Waals surface area (Å²) in [6, 6.07) is 8.09. The van der Waals surface area contributed by atoms with Crippen molar-refractivity contribution < 1.29 is 0 Å². The first-order valence-corrected chi connectivity index (χ1v) is 6.42. The van der Waals surface area contributed by atoms with Crippen LogP contribution in [0.15, 0.2) is 34.2 Å². The van der Waals surface area contributed by atoms with Gasteiger partial charge in [-0.25, -0.2) is 9.50 Å². The fourth-order valence-corrected chi connectivity index (χ4v) is 2.84. The van der Waals surface area contributed by atoms with Gasteiger partial charge in [0.2, 0.25) is 0 Å². The Balaban J connectivity index is 2.18. The summed E-state index contributed by atoms with van der Waals surface area (Å²) in [5, 5.41) is 4.43. The van der Waals surface area contributed by atoms with Crippen molar-refractivity contribution in [1.29, 1.82) is 0 Å². The molecule has 0 atom stereocenters.